The summed E-state index contributed by atoms with van der Waals surface area (Å²) in [5.74, 6) is 0. The molecule has 9 heavy (non-hydrogen) atoms. The minimum atomic E-state index is -2.36. The van der Waals surface area contributed by atoms with E-state index in [1.54, 1.807) is 0 Å². The van der Waals surface area contributed by atoms with E-state index in [0.29, 0.717) is 0 Å². The molecule has 0 spiro atoms. The third kappa shape index (κ3) is 2.09. The first kappa shape index (κ1) is 9.15. The van der Waals surface area contributed by atoms with Crippen molar-refractivity contribution < 1.29 is 4.11 Å². The summed E-state index contributed by atoms with van der Waals surface area (Å²) in [5.41, 5.74) is 0.523. The zero-order valence-corrected chi connectivity index (χ0v) is 8.03. The highest BCUT2D eigenvalue weighted by atomic mass is 28.4. The molecule has 0 nitrogen and oxygen atoms in total. The van der Waals surface area contributed by atoms with E-state index in [1.807, 2.05) is 34.2 Å². The van der Waals surface area contributed by atoms with Crippen LogP contribution < -0.4 is 0 Å². The van der Waals surface area contributed by atoms with Crippen LogP contribution in [0, 0.1) is 0 Å². The molecule has 0 bridgehead atoms. The quantitative estimate of drug-likeness (QED) is 0.416. The van der Waals surface area contributed by atoms with E-state index in [1.165, 1.54) is 0 Å². The summed E-state index contributed by atoms with van der Waals surface area (Å²) >= 11 is 0. The summed E-state index contributed by atoms with van der Waals surface area (Å²) in [5, 5.41) is 0. The van der Waals surface area contributed by atoms with Gasteiger partial charge in [-0.15, -0.1) is 0 Å². The Morgan fingerprint density at radius 2 is 1.22 bits per heavy atom. The largest absolute Gasteiger partial charge is 0.314 e. The molecule has 0 N–H and O–H groups in total. The van der Waals surface area contributed by atoms with Gasteiger partial charge in [-0.3, -0.25) is 0 Å². The molecule has 0 aliphatic heterocycles. The second-order valence-corrected chi connectivity index (χ2v) is 8.07. The monoisotopic (exact) mass is 148 g/mol. The molecule has 0 fully saturated rings. The zero-order valence-electron chi connectivity index (χ0n) is 7.03. The molecule has 0 aromatic carbocycles. The standard InChI is InChI=1S/C7H17FSi/c1-6(2)9(5,8)7(3)4/h6-7H,1-5H3. The first-order chi connectivity index (χ1) is 3.89. The average Bonchev–Trinajstić information content (AvgIpc) is 1.65. The van der Waals surface area contributed by atoms with Crippen molar-refractivity contribution >= 4 is 8.41 Å². The summed E-state index contributed by atoms with van der Waals surface area (Å²) in [6, 6.07) is 0. The van der Waals surface area contributed by atoms with Gasteiger partial charge in [-0.05, 0) is 17.6 Å². The van der Waals surface area contributed by atoms with Crippen LogP contribution in [-0.2, 0) is 0 Å². The number of halogens is 1. The van der Waals surface area contributed by atoms with E-state index < -0.39 is 8.41 Å². The highest BCUT2D eigenvalue weighted by Gasteiger charge is 2.35. The van der Waals surface area contributed by atoms with Crippen LogP contribution in [0.15, 0.2) is 0 Å². The van der Waals surface area contributed by atoms with Crippen molar-refractivity contribution in [2.45, 2.75) is 45.3 Å². The van der Waals surface area contributed by atoms with Crippen molar-refractivity contribution in [2.24, 2.45) is 0 Å². The molecular formula is C7H17FSi. The van der Waals surface area contributed by atoms with Crippen molar-refractivity contribution in [3.63, 3.8) is 0 Å². The van der Waals surface area contributed by atoms with E-state index in [2.05, 4.69) is 0 Å². The predicted octanol–water partition coefficient (Wildman–Crippen LogP) is 3.35. The smallest absolute Gasteiger partial charge is 0.248 e. The summed E-state index contributed by atoms with van der Waals surface area (Å²) < 4.78 is 13.5. The SMILES string of the molecule is CC(C)[Si](C)(F)C(C)C. The van der Waals surface area contributed by atoms with Gasteiger partial charge in [0, 0.05) is 0 Å². The molecular weight excluding hydrogens is 131 g/mol. The molecule has 0 aromatic rings. The molecule has 0 radical (unpaired) electrons. The lowest BCUT2D eigenvalue weighted by Gasteiger charge is -2.25. The Morgan fingerprint density at radius 1 is 1.00 bits per heavy atom. The van der Waals surface area contributed by atoms with Gasteiger partial charge in [0.25, 0.3) is 0 Å². The highest BCUT2D eigenvalue weighted by Crippen LogP contribution is 2.32. The van der Waals surface area contributed by atoms with Crippen molar-refractivity contribution in [3.8, 4) is 0 Å². The molecule has 0 saturated carbocycles. The number of hydrogen-bond donors (Lipinski definition) is 0. The van der Waals surface area contributed by atoms with Crippen molar-refractivity contribution in [1.82, 2.24) is 0 Å². The first-order valence-electron chi connectivity index (χ1n) is 3.58. The minimum absolute atomic E-state index is 0.262. The lowest BCUT2D eigenvalue weighted by molar-refractivity contribution is 0.686. The van der Waals surface area contributed by atoms with E-state index >= 15 is 0 Å². The molecule has 0 aliphatic rings. The Labute approximate surface area is 58.6 Å². The maximum absolute atomic E-state index is 13.5. The van der Waals surface area contributed by atoms with Crippen LogP contribution in [-0.4, -0.2) is 8.41 Å². The number of hydrogen-bond acceptors (Lipinski definition) is 0. The van der Waals surface area contributed by atoms with Gasteiger partial charge in [0.1, 0.15) is 0 Å². The zero-order chi connectivity index (χ0) is 7.65. The Kier molecular flexibility index (Phi) is 2.87. The molecule has 0 atom stereocenters. The summed E-state index contributed by atoms with van der Waals surface area (Å²) in [7, 11) is -2.36. The Bertz CT molecular complexity index is 76.9. The van der Waals surface area contributed by atoms with Crippen molar-refractivity contribution in [1.29, 1.82) is 0 Å². The lowest BCUT2D eigenvalue weighted by Crippen LogP contribution is -2.31. The van der Waals surface area contributed by atoms with Gasteiger partial charge in [-0.2, -0.15) is 0 Å². The Balaban J connectivity index is 4.01. The normalized spacial score (nSPS) is 13.3. The molecule has 0 aromatic heterocycles. The third-order valence-electron chi connectivity index (χ3n) is 2.26. The molecule has 0 amide bonds. The molecule has 0 rings (SSSR count). The van der Waals surface area contributed by atoms with Gasteiger partial charge in [-0.25, -0.2) is 0 Å². The topological polar surface area (TPSA) is 0 Å². The van der Waals surface area contributed by atoms with Crippen LogP contribution in [0.1, 0.15) is 27.7 Å². The van der Waals surface area contributed by atoms with Crippen molar-refractivity contribution in [2.75, 3.05) is 0 Å². The molecule has 0 aliphatic carbocycles. The van der Waals surface area contributed by atoms with Gasteiger partial charge in [-0.1, -0.05) is 27.7 Å². The molecule has 0 heterocycles. The Morgan fingerprint density at radius 3 is 1.22 bits per heavy atom. The second-order valence-electron chi connectivity index (χ2n) is 3.46. The van der Waals surface area contributed by atoms with Crippen LogP contribution in [0.25, 0.3) is 0 Å². The highest BCUT2D eigenvalue weighted by molar-refractivity contribution is 6.74. The van der Waals surface area contributed by atoms with Crippen LogP contribution in [0.5, 0.6) is 0 Å². The third-order valence-corrected chi connectivity index (χ3v) is 6.77. The van der Waals surface area contributed by atoms with Crippen molar-refractivity contribution in [3.05, 3.63) is 0 Å². The fourth-order valence-electron chi connectivity index (χ4n) is 0.667. The maximum atomic E-state index is 13.5. The maximum Gasteiger partial charge on any atom is 0.248 e. The second kappa shape index (κ2) is 2.82. The summed E-state index contributed by atoms with van der Waals surface area (Å²) in [6.45, 7) is 9.72. The number of rotatable bonds is 2. The van der Waals surface area contributed by atoms with E-state index in [9.17, 15) is 4.11 Å². The summed E-state index contributed by atoms with van der Waals surface area (Å²) in [6.07, 6.45) is 0. The van der Waals surface area contributed by atoms with Crippen LogP contribution in [0.4, 0.5) is 4.11 Å². The van der Waals surface area contributed by atoms with Gasteiger partial charge in [0.05, 0.1) is 0 Å². The van der Waals surface area contributed by atoms with Gasteiger partial charge in [0.2, 0.25) is 8.41 Å². The lowest BCUT2D eigenvalue weighted by atomic mass is 10.5. The molecule has 2 heteroatoms. The Hall–Kier alpha value is 0.147. The molecule has 0 unspecified atom stereocenters. The first-order valence-corrected chi connectivity index (χ1v) is 6.11. The van der Waals surface area contributed by atoms with Gasteiger partial charge in [0.15, 0.2) is 0 Å². The van der Waals surface area contributed by atoms with E-state index in [4.69, 9.17) is 0 Å². The molecule has 56 valence electrons. The van der Waals surface area contributed by atoms with Crippen LogP contribution >= 0.6 is 0 Å². The fourth-order valence-corrected chi connectivity index (χ4v) is 2.00. The van der Waals surface area contributed by atoms with Gasteiger partial charge < -0.3 is 4.11 Å². The molecule has 0 saturated heterocycles. The summed E-state index contributed by atoms with van der Waals surface area (Å²) in [4.78, 5) is 0. The van der Waals surface area contributed by atoms with Gasteiger partial charge >= 0.3 is 0 Å². The van der Waals surface area contributed by atoms with E-state index in [0.717, 1.165) is 0 Å². The minimum Gasteiger partial charge on any atom is -0.314 e. The average molecular weight is 148 g/mol. The van der Waals surface area contributed by atoms with Crippen LogP contribution in [0.2, 0.25) is 17.6 Å². The van der Waals surface area contributed by atoms with Crippen LogP contribution in [0.3, 0.4) is 0 Å². The fraction of sp³-hybridized carbons (Fsp3) is 1.00. The van der Waals surface area contributed by atoms with E-state index in [-0.39, 0.29) is 11.1 Å². The predicted molar refractivity (Wildman–Crippen MR) is 42.9 cm³/mol.